The van der Waals surface area contributed by atoms with Crippen molar-refractivity contribution >= 4 is 62.5 Å². The number of nitrogens with zero attached hydrogens (tertiary/aromatic N) is 4. The smallest absolute Gasteiger partial charge is 0.136 e. The molecule has 181 valence electrons. The molecule has 10 nitrogen and oxygen atoms in total. The van der Waals surface area contributed by atoms with Gasteiger partial charge in [0, 0.05) is 61.8 Å². The van der Waals surface area contributed by atoms with Gasteiger partial charge in [0.2, 0.25) is 0 Å². The van der Waals surface area contributed by atoms with E-state index in [0.29, 0.717) is 89.7 Å². The van der Waals surface area contributed by atoms with E-state index in [1.165, 1.54) is 24.3 Å². The first kappa shape index (κ1) is 33.3. The van der Waals surface area contributed by atoms with Crippen LogP contribution in [0.25, 0.3) is 11.1 Å². The molecule has 1 aliphatic rings. The number of hydrogen-bond donors (Lipinski definition) is 0. The predicted octanol–water partition coefficient (Wildman–Crippen LogP) is -0.199. The number of nitriles is 4. The second-order valence-corrected chi connectivity index (χ2v) is 6.45. The normalized spacial score (nSPS) is 15.9. The molecule has 0 saturated carbocycles. The molecule has 1 heterocycles. The number of ether oxygens (including phenoxy) is 6. The van der Waals surface area contributed by atoms with E-state index >= 15 is 0 Å². The fourth-order valence-corrected chi connectivity index (χ4v) is 2.43. The summed E-state index contributed by atoms with van der Waals surface area (Å²) in [4.78, 5) is 0. The Morgan fingerprint density at radius 3 is 0.743 bits per heavy atom. The quantitative estimate of drug-likeness (QED) is 0.432. The molecule has 0 N–H and O–H groups in total. The van der Waals surface area contributed by atoms with Gasteiger partial charge < -0.3 is 28.4 Å². The second kappa shape index (κ2) is 24.0. The molecular formula is C24H28KN4O6. The summed E-state index contributed by atoms with van der Waals surface area (Å²) in [7, 11) is 0. The molecule has 0 bridgehead atoms. The fourth-order valence-electron chi connectivity index (χ4n) is 2.43. The molecule has 0 atom stereocenters. The third kappa shape index (κ3) is 16.6. The number of benzene rings is 1. The standard InChI is InChI=1S/C12H4N4.C12H24O6.K/c13-5-11(6-14)9-1-2-10(4-3-9)12(7-15)8-16;1-2-14-5-6-16-9-10-18-12-11-17-8-7-15-4-3-13-1;/h1-4H;1-12H2;. The van der Waals surface area contributed by atoms with Crippen molar-refractivity contribution in [2.75, 3.05) is 79.3 Å². The van der Waals surface area contributed by atoms with E-state index in [1.54, 1.807) is 24.3 Å². The maximum absolute atomic E-state index is 8.63. The van der Waals surface area contributed by atoms with E-state index in [4.69, 9.17) is 49.5 Å². The summed E-state index contributed by atoms with van der Waals surface area (Å²) in [5.74, 6) is 0. The second-order valence-electron chi connectivity index (χ2n) is 6.45. The molecule has 1 aromatic carbocycles. The zero-order valence-corrected chi connectivity index (χ0v) is 23.2. The van der Waals surface area contributed by atoms with Crippen LogP contribution in [0.3, 0.4) is 0 Å². The molecule has 35 heavy (non-hydrogen) atoms. The van der Waals surface area contributed by atoms with E-state index in [0.717, 1.165) is 0 Å². The van der Waals surface area contributed by atoms with Crippen molar-refractivity contribution in [1.82, 2.24) is 0 Å². The van der Waals surface area contributed by atoms with E-state index in [-0.39, 0.29) is 62.5 Å². The number of rotatable bonds is 0. The van der Waals surface area contributed by atoms with Gasteiger partial charge in [-0.05, 0) is 0 Å². The van der Waals surface area contributed by atoms with Gasteiger partial charge in [0.15, 0.2) is 0 Å². The van der Waals surface area contributed by atoms with Gasteiger partial charge in [0.25, 0.3) is 0 Å². The van der Waals surface area contributed by atoms with Gasteiger partial charge in [-0.3, -0.25) is 0 Å². The Hall–Kier alpha value is -1.68. The van der Waals surface area contributed by atoms with Crippen molar-refractivity contribution in [1.29, 1.82) is 21.0 Å². The van der Waals surface area contributed by atoms with E-state index in [9.17, 15) is 0 Å². The van der Waals surface area contributed by atoms with E-state index < -0.39 is 0 Å². The minimum Gasteiger partial charge on any atom is -0.377 e. The van der Waals surface area contributed by atoms with Crippen LogP contribution in [-0.4, -0.2) is 131 Å². The molecule has 0 amide bonds. The summed E-state index contributed by atoms with van der Waals surface area (Å²) in [6.45, 7) is 7.04. The Labute approximate surface area is 248 Å². The molecule has 1 saturated heterocycles. The SMILES string of the molecule is C1COCCOCCOCCOCCOCCO1.N#CC(C#N)=c1ccc(=C(C#N)C#N)cc1.[K]. The molecular weight excluding hydrogens is 479 g/mol. The minimum atomic E-state index is 0. The van der Waals surface area contributed by atoms with Crippen LogP contribution in [0.5, 0.6) is 0 Å². The first-order chi connectivity index (χ1) is 16.8. The fraction of sp³-hybridized carbons (Fsp3) is 0.500. The van der Waals surface area contributed by atoms with Crippen LogP contribution in [0, 0.1) is 45.3 Å². The van der Waals surface area contributed by atoms with Gasteiger partial charge in [-0.2, -0.15) is 21.0 Å². The van der Waals surface area contributed by atoms with Crippen LogP contribution < -0.4 is 10.4 Å². The number of hydrogen-bond acceptors (Lipinski definition) is 10. The summed E-state index contributed by atoms with van der Waals surface area (Å²) < 4.78 is 32.0. The summed E-state index contributed by atoms with van der Waals surface area (Å²) >= 11 is 0. The first-order valence-electron chi connectivity index (χ1n) is 10.7. The van der Waals surface area contributed by atoms with Gasteiger partial charge in [0.05, 0.1) is 79.3 Å². The average Bonchev–Trinajstić information content (AvgIpc) is 2.87. The third-order valence-electron chi connectivity index (χ3n) is 4.14. The molecule has 1 aliphatic heterocycles. The molecule has 1 aromatic rings. The van der Waals surface area contributed by atoms with E-state index in [1.807, 2.05) is 0 Å². The largest absolute Gasteiger partial charge is 0.377 e. The molecule has 2 rings (SSSR count). The Morgan fingerprint density at radius 1 is 0.429 bits per heavy atom. The molecule has 1 radical (unpaired) electrons. The van der Waals surface area contributed by atoms with Crippen LogP contribution in [0.15, 0.2) is 24.3 Å². The van der Waals surface area contributed by atoms with Crippen molar-refractivity contribution in [3.8, 4) is 24.3 Å². The Bertz CT molecular complexity index is 814. The van der Waals surface area contributed by atoms with E-state index in [2.05, 4.69) is 0 Å². The van der Waals surface area contributed by atoms with Crippen LogP contribution in [-0.2, 0) is 28.4 Å². The predicted molar refractivity (Wildman–Crippen MR) is 126 cm³/mol. The summed E-state index contributed by atoms with van der Waals surface area (Å²) in [6, 6.07) is 13.2. The average molecular weight is 508 g/mol. The summed E-state index contributed by atoms with van der Waals surface area (Å²) in [5.41, 5.74) is 0.00373. The first-order valence-corrected chi connectivity index (χ1v) is 10.7. The Morgan fingerprint density at radius 2 is 0.600 bits per heavy atom. The van der Waals surface area contributed by atoms with Crippen LogP contribution >= 0.6 is 0 Å². The van der Waals surface area contributed by atoms with Gasteiger partial charge in [0.1, 0.15) is 35.4 Å². The van der Waals surface area contributed by atoms with Crippen molar-refractivity contribution in [3.63, 3.8) is 0 Å². The van der Waals surface area contributed by atoms with Gasteiger partial charge in [-0.15, -0.1) is 0 Å². The van der Waals surface area contributed by atoms with Gasteiger partial charge in [-0.1, -0.05) is 24.3 Å². The van der Waals surface area contributed by atoms with Gasteiger partial charge >= 0.3 is 0 Å². The Kier molecular flexibility index (Phi) is 22.9. The third-order valence-corrected chi connectivity index (χ3v) is 4.14. The maximum Gasteiger partial charge on any atom is 0.136 e. The van der Waals surface area contributed by atoms with Crippen molar-refractivity contribution in [3.05, 3.63) is 34.7 Å². The molecule has 1 fully saturated rings. The monoisotopic (exact) mass is 507 g/mol. The van der Waals surface area contributed by atoms with Crippen LogP contribution in [0.2, 0.25) is 0 Å². The zero-order chi connectivity index (χ0) is 24.7. The molecule has 0 unspecified atom stereocenters. The molecule has 11 heteroatoms. The summed E-state index contributed by atoms with van der Waals surface area (Å²) in [5, 5.41) is 35.5. The molecule has 0 aromatic heterocycles. The van der Waals surface area contributed by atoms with Crippen molar-refractivity contribution in [2.45, 2.75) is 0 Å². The van der Waals surface area contributed by atoms with Crippen molar-refractivity contribution in [2.24, 2.45) is 0 Å². The molecule has 0 aliphatic carbocycles. The minimum absolute atomic E-state index is 0. The Balaban J connectivity index is 0.000000646. The molecule has 0 spiro atoms. The van der Waals surface area contributed by atoms with Crippen LogP contribution in [0.4, 0.5) is 0 Å². The maximum atomic E-state index is 8.63. The summed E-state index contributed by atoms with van der Waals surface area (Å²) in [6.07, 6.45) is 0. The van der Waals surface area contributed by atoms with Crippen molar-refractivity contribution < 1.29 is 28.4 Å². The zero-order valence-electron chi connectivity index (χ0n) is 20.0. The van der Waals surface area contributed by atoms with Gasteiger partial charge in [-0.25, -0.2) is 0 Å². The topological polar surface area (TPSA) is 151 Å². The van der Waals surface area contributed by atoms with Crippen LogP contribution in [0.1, 0.15) is 0 Å².